The highest BCUT2D eigenvalue weighted by Gasteiger charge is 2.10. The third-order valence-electron chi connectivity index (χ3n) is 3.58. The van der Waals surface area contributed by atoms with Gasteiger partial charge in [0, 0.05) is 17.0 Å². The van der Waals surface area contributed by atoms with Crippen molar-refractivity contribution in [2.45, 2.75) is 17.9 Å². The van der Waals surface area contributed by atoms with E-state index in [1.165, 1.54) is 4.90 Å². The molecule has 136 valence electrons. The van der Waals surface area contributed by atoms with Crippen LogP contribution in [0, 0.1) is 0 Å². The first kappa shape index (κ1) is 19.8. The van der Waals surface area contributed by atoms with E-state index in [1.807, 2.05) is 62.8 Å². The van der Waals surface area contributed by atoms with E-state index in [-0.39, 0.29) is 5.75 Å². The maximum atomic E-state index is 11.2. The number of thioether (sulfide) groups is 1. The summed E-state index contributed by atoms with van der Waals surface area (Å²) >= 11 is 1.68. The van der Waals surface area contributed by atoms with Crippen LogP contribution >= 0.6 is 11.8 Å². The van der Waals surface area contributed by atoms with Gasteiger partial charge in [-0.05, 0) is 62.7 Å². The average Bonchev–Trinajstić information content (AvgIpc) is 2.54. The van der Waals surface area contributed by atoms with Gasteiger partial charge in [0.25, 0.3) is 0 Å². The fourth-order valence-electron chi connectivity index (χ4n) is 2.35. The third-order valence-corrected chi connectivity index (χ3v) is 5.10. The Labute approximate surface area is 154 Å². The average molecular weight is 381 g/mol. The third kappa shape index (κ3) is 6.70. The first-order chi connectivity index (χ1) is 11.8. The maximum Gasteiger partial charge on any atom is 0.209 e. The van der Waals surface area contributed by atoms with E-state index >= 15 is 0 Å². The highest BCUT2D eigenvalue weighted by molar-refractivity contribution is 7.98. The largest absolute Gasteiger partial charge is 0.457 e. The van der Waals surface area contributed by atoms with Gasteiger partial charge in [-0.3, -0.25) is 0 Å². The minimum Gasteiger partial charge on any atom is -0.457 e. The lowest BCUT2D eigenvalue weighted by Gasteiger charge is -2.16. The van der Waals surface area contributed by atoms with Gasteiger partial charge in [-0.2, -0.15) is 0 Å². The molecule has 2 N–H and O–H groups in total. The Balaban J connectivity index is 2.26. The molecule has 0 saturated heterocycles. The molecular weight excluding hydrogens is 356 g/mol. The van der Waals surface area contributed by atoms with Gasteiger partial charge in [0.2, 0.25) is 10.0 Å². The van der Waals surface area contributed by atoms with Crippen LogP contribution in [0.1, 0.15) is 11.1 Å². The second-order valence-electron chi connectivity index (χ2n) is 6.07. The molecule has 2 rings (SSSR count). The molecule has 7 heteroatoms. The van der Waals surface area contributed by atoms with Crippen LogP contribution in [0.3, 0.4) is 0 Å². The maximum absolute atomic E-state index is 11.2. The fourth-order valence-corrected chi connectivity index (χ4v) is 3.28. The van der Waals surface area contributed by atoms with E-state index in [9.17, 15) is 8.42 Å². The van der Waals surface area contributed by atoms with Gasteiger partial charge in [0.15, 0.2) is 0 Å². The first-order valence-corrected chi connectivity index (χ1v) is 10.8. The van der Waals surface area contributed by atoms with Crippen LogP contribution < -0.4 is 9.88 Å². The molecule has 0 amide bonds. The quantitative estimate of drug-likeness (QED) is 0.713. The number of primary sulfonamides is 1. The normalized spacial score (nSPS) is 11.7. The zero-order valence-electron chi connectivity index (χ0n) is 14.7. The summed E-state index contributed by atoms with van der Waals surface area (Å²) in [6, 6.07) is 13.7. The van der Waals surface area contributed by atoms with Crippen LogP contribution in [0.4, 0.5) is 0 Å². The predicted molar refractivity (Wildman–Crippen MR) is 104 cm³/mol. The number of nitrogens with zero attached hydrogens (tertiary/aromatic N) is 1. The molecule has 0 aliphatic carbocycles. The van der Waals surface area contributed by atoms with Crippen LogP contribution in [-0.4, -0.2) is 39.4 Å². The summed E-state index contributed by atoms with van der Waals surface area (Å²) in [6.07, 6.45) is 2.39. The van der Waals surface area contributed by atoms with Crippen molar-refractivity contribution in [2.75, 3.05) is 26.1 Å². The standard InChI is InChI=1S/C18H24N2O3S2/c1-20(2)13-15-5-4-14(10-11-25(19,21)22)12-18(15)23-16-6-8-17(24-3)9-7-16/h4-9,12H,10-11,13H2,1-3H3,(H2,19,21,22). The Kier molecular flexibility index (Phi) is 6.89. The molecular formula is C18H24N2O3S2. The topological polar surface area (TPSA) is 72.6 Å². The van der Waals surface area contributed by atoms with Gasteiger partial charge in [-0.25, -0.2) is 13.6 Å². The molecule has 0 radical (unpaired) electrons. The molecule has 5 nitrogen and oxygen atoms in total. The molecule has 0 bridgehead atoms. The Bertz CT molecular complexity index is 804. The van der Waals surface area contributed by atoms with Crippen molar-refractivity contribution in [2.24, 2.45) is 5.14 Å². The zero-order valence-corrected chi connectivity index (χ0v) is 16.4. The monoisotopic (exact) mass is 380 g/mol. The van der Waals surface area contributed by atoms with Crippen molar-refractivity contribution in [3.05, 3.63) is 53.6 Å². The van der Waals surface area contributed by atoms with E-state index in [0.29, 0.717) is 6.42 Å². The highest BCUT2D eigenvalue weighted by atomic mass is 32.2. The number of ether oxygens (including phenoxy) is 1. The van der Waals surface area contributed by atoms with Gasteiger partial charge < -0.3 is 9.64 Å². The molecule has 0 spiro atoms. The minimum absolute atomic E-state index is 0.0815. The van der Waals surface area contributed by atoms with Crippen LogP contribution in [0.25, 0.3) is 0 Å². The first-order valence-electron chi connectivity index (χ1n) is 7.86. The number of aryl methyl sites for hydroxylation is 1. The van der Waals surface area contributed by atoms with Crippen LogP contribution in [0.5, 0.6) is 11.5 Å². The Hall–Kier alpha value is -1.54. The number of benzene rings is 2. The van der Waals surface area contributed by atoms with Crippen molar-refractivity contribution in [1.29, 1.82) is 0 Å². The van der Waals surface area contributed by atoms with E-state index in [2.05, 4.69) is 4.90 Å². The van der Waals surface area contributed by atoms with E-state index in [1.54, 1.807) is 11.8 Å². The van der Waals surface area contributed by atoms with Crippen molar-refractivity contribution in [3.8, 4) is 11.5 Å². The second kappa shape index (κ2) is 8.71. The lowest BCUT2D eigenvalue weighted by Crippen LogP contribution is -2.18. The molecule has 2 aromatic rings. The molecule has 0 aliphatic heterocycles. The highest BCUT2D eigenvalue weighted by Crippen LogP contribution is 2.29. The molecule has 0 aromatic heterocycles. The number of sulfonamides is 1. The molecule has 0 unspecified atom stereocenters. The van der Waals surface area contributed by atoms with Gasteiger partial charge in [0.05, 0.1) is 5.75 Å². The van der Waals surface area contributed by atoms with Gasteiger partial charge >= 0.3 is 0 Å². The SMILES string of the molecule is CSc1ccc(Oc2cc(CCS(N)(=O)=O)ccc2CN(C)C)cc1. The smallest absolute Gasteiger partial charge is 0.209 e. The van der Waals surface area contributed by atoms with Crippen LogP contribution in [0.2, 0.25) is 0 Å². The molecule has 0 fully saturated rings. The van der Waals surface area contributed by atoms with E-state index in [0.717, 1.165) is 29.2 Å². The van der Waals surface area contributed by atoms with Crippen molar-refractivity contribution in [1.82, 2.24) is 4.90 Å². The van der Waals surface area contributed by atoms with E-state index in [4.69, 9.17) is 9.88 Å². The Morgan fingerprint density at radius 3 is 2.36 bits per heavy atom. The summed E-state index contributed by atoms with van der Waals surface area (Å²) in [6.45, 7) is 0.730. The molecule has 0 atom stereocenters. The number of hydrogen-bond donors (Lipinski definition) is 1. The van der Waals surface area contributed by atoms with Crippen LogP contribution in [0.15, 0.2) is 47.4 Å². The lowest BCUT2D eigenvalue weighted by molar-refractivity contribution is 0.388. The summed E-state index contributed by atoms with van der Waals surface area (Å²) in [5.41, 5.74) is 1.92. The molecule has 0 saturated carbocycles. The summed E-state index contributed by atoms with van der Waals surface area (Å²) in [4.78, 5) is 3.23. The molecule has 2 aromatic carbocycles. The molecule has 25 heavy (non-hydrogen) atoms. The number of hydrogen-bond acceptors (Lipinski definition) is 5. The molecule has 0 aliphatic rings. The Morgan fingerprint density at radius 1 is 1.12 bits per heavy atom. The zero-order chi connectivity index (χ0) is 18.4. The fraction of sp³-hybridized carbons (Fsp3) is 0.333. The predicted octanol–water partition coefficient (Wildman–Crippen LogP) is 3.09. The van der Waals surface area contributed by atoms with Crippen molar-refractivity contribution >= 4 is 21.8 Å². The Morgan fingerprint density at radius 2 is 1.80 bits per heavy atom. The van der Waals surface area contributed by atoms with Crippen molar-refractivity contribution in [3.63, 3.8) is 0 Å². The van der Waals surface area contributed by atoms with Crippen LogP contribution in [-0.2, 0) is 23.0 Å². The number of nitrogens with two attached hydrogens (primary N) is 1. The molecule has 0 heterocycles. The summed E-state index contributed by atoms with van der Waals surface area (Å²) in [7, 11) is 0.502. The summed E-state index contributed by atoms with van der Waals surface area (Å²) < 4.78 is 28.4. The lowest BCUT2D eigenvalue weighted by atomic mass is 10.1. The van der Waals surface area contributed by atoms with Crippen molar-refractivity contribution < 1.29 is 13.2 Å². The van der Waals surface area contributed by atoms with Gasteiger partial charge in [-0.15, -0.1) is 11.8 Å². The van der Waals surface area contributed by atoms with Gasteiger partial charge in [-0.1, -0.05) is 12.1 Å². The van der Waals surface area contributed by atoms with Gasteiger partial charge in [0.1, 0.15) is 11.5 Å². The number of rotatable bonds is 8. The summed E-state index contributed by atoms with van der Waals surface area (Å²) in [5.74, 6) is 1.40. The van der Waals surface area contributed by atoms with E-state index < -0.39 is 10.0 Å². The second-order valence-corrected chi connectivity index (χ2v) is 8.69. The summed E-state index contributed by atoms with van der Waals surface area (Å²) in [5, 5.41) is 5.10. The minimum atomic E-state index is -3.48.